The average Bonchev–Trinajstić information content (AvgIpc) is 2.66. The van der Waals surface area contributed by atoms with Gasteiger partial charge < -0.3 is 10.2 Å². The van der Waals surface area contributed by atoms with E-state index in [4.69, 9.17) is 10.2 Å². The first-order valence-electron chi connectivity index (χ1n) is 5.43. The maximum Gasteiger partial charge on any atom is 0.226 e. The van der Waals surface area contributed by atoms with Crippen molar-refractivity contribution in [2.75, 3.05) is 0 Å². The molecule has 0 radical (unpaired) electrons. The van der Waals surface area contributed by atoms with E-state index in [9.17, 15) is 0 Å². The molecule has 0 amide bonds. The number of hydrogen-bond donors (Lipinski definition) is 1. The zero-order valence-corrected chi connectivity index (χ0v) is 9.60. The van der Waals surface area contributed by atoms with Gasteiger partial charge in [-0.05, 0) is 25.5 Å². The molecule has 16 heavy (non-hydrogen) atoms. The molecular formula is C13H16N2O. The van der Waals surface area contributed by atoms with Crippen LogP contribution >= 0.6 is 0 Å². The third-order valence-corrected chi connectivity index (χ3v) is 2.46. The number of hydrogen-bond acceptors (Lipinski definition) is 3. The Labute approximate surface area is 95.3 Å². The van der Waals surface area contributed by atoms with Gasteiger partial charge in [-0.25, -0.2) is 4.98 Å². The van der Waals surface area contributed by atoms with Gasteiger partial charge in [-0.2, -0.15) is 0 Å². The first-order chi connectivity index (χ1) is 7.66. The molecule has 0 aliphatic carbocycles. The average molecular weight is 216 g/mol. The van der Waals surface area contributed by atoms with Crippen molar-refractivity contribution in [2.45, 2.75) is 26.3 Å². The summed E-state index contributed by atoms with van der Waals surface area (Å²) in [5.41, 5.74) is 8.83. The van der Waals surface area contributed by atoms with E-state index in [1.54, 1.807) is 6.26 Å². The summed E-state index contributed by atoms with van der Waals surface area (Å²) in [6.07, 6.45) is 2.43. The van der Waals surface area contributed by atoms with Gasteiger partial charge in [0.2, 0.25) is 5.89 Å². The Balaban J connectivity index is 2.28. The van der Waals surface area contributed by atoms with E-state index in [0.29, 0.717) is 5.89 Å². The van der Waals surface area contributed by atoms with E-state index in [1.807, 2.05) is 38.1 Å². The molecule has 0 saturated carbocycles. The maximum absolute atomic E-state index is 5.72. The zero-order valence-electron chi connectivity index (χ0n) is 9.60. The summed E-state index contributed by atoms with van der Waals surface area (Å²) in [5.74, 6) is 0.675. The monoisotopic (exact) mass is 216 g/mol. The number of aromatic nitrogens is 1. The van der Waals surface area contributed by atoms with E-state index < -0.39 is 0 Å². The van der Waals surface area contributed by atoms with Crippen molar-refractivity contribution in [1.29, 1.82) is 0 Å². The molecule has 0 spiro atoms. The summed E-state index contributed by atoms with van der Waals surface area (Å²) in [6, 6.07) is 8.15. The normalized spacial score (nSPS) is 12.7. The SMILES string of the molecule is Cc1ccccc1-c1nc(CC(C)N)co1. The number of nitrogens with zero attached hydrogens (tertiary/aromatic N) is 1. The van der Waals surface area contributed by atoms with Gasteiger partial charge in [-0.15, -0.1) is 0 Å². The molecule has 0 bridgehead atoms. The lowest BCUT2D eigenvalue weighted by Crippen LogP contribution is -2.17. The van der Waals surface area contributed by atoms with E-state index in [2.05, 4.69) is 4.98 Å². The molecule has 2 aromatic rings. The minimum atomic E-state index is 0.106. The van der Waals surface area contributed by atoms with Crippen molar-refractivity contribution < 1.29 is 4.42 Å². The highest BCUT2D eigenvalue weighted by molar-refractivity contribution is 5.58. The molecule has 2 rings (SSSR count). The van der Waals surface area contributed by atoms with E-state index in [-0.39, 0.29) is 6.04 Å². The molecule has 3 heteroatoms. The van der Waals surface area contributed by atoms with Gasteiger partial charge in [0.05, 0.1) is 5.69 Å². The van der Waals surface area contributed by atoms with Crippen LogP contribution in [0, 0.1) is 6.92 Å². The van der Waals surface area contributed by atoms with Gasteiger partial charge in [0.1, 0.15) is 6.26 Å². The molecule has 0 aliphatic rings. The molecule has 3 nitrogen and oxygen atoms in total. The standard InChI is InChI=1S/C13H16N2O/c1-9-5-3-4-6-12(9)13-15-11(8-16-13)7-10(2)14/h3-6,8,10H,7,14H2,1-2H3. The smallest absolute Gasteiger partial charge is 0.226 e. The van der Waals surface area contributed by atoms with Crippen LogP contribution in [0.5, 0.6) is 0 Å². The Bertz CT molecular complexity index is 474. The van der Waals surface area contributed by atoms with Crippen LogP contribution in [0.3, 0.4) is 0 Å². The Hall–Kier alpha value is -1.61. The number of benzene rings is 1. The molecule has 0 fully saturated rings. The Morgan fingerprint density at radius 3 is 2.81 bits per heavy atom. The van der Waals surface area contributed by atoms with Crippen LogP contribution in [0.4, 0.5) is 0 Å². The number of rotatable bonds is 3. The summed E-state index contributed by atoms with van der Waals surface area (Å²) in [7, 11) is 0. The largest absolute Gasteiger partial charge is 0.444 e. The van der Waals surface area contributed by atoms with Crippen LogP contribution in [-0.4, -0.2) is 11.0 Å². The van der Waals surface area contributed by atoms with Crippen LogP contribution in [0.1, 0.15) is 18.2 Å². The number of oxazole rings is 1. The highest BCUT2D eigenvalue weighted by atomic mass is 16.3. The van der Waals surface area contributed by atoms with Crippen molar-refractivity contribution in [1.82, 2.24) is 4.98 Å². The van der Waals surface area contributed by atoms with Gasteiger partial charge in [-0.3, -0.25) is 0 Å². The maximum atomic E-state index is 5.72. The summed E-state index contributed by atoms with van der Waals surface area (Å²) in [4.78, 5) is 4.43. The second-order valence-corrected chi connectivity index (χ2v) is 4.14. The molecule has 0 aliphatic heterocycles. The van der Waals surface area contributed by atoms with Gasteiger partial charge in [0.15, 0.2) is 0 Å². The molecule has 1 atom stereocenters. The Kier molecular flexibility index (Phi) is 3.06. The van der Waals surface area contributed by atoms with Crippen LogP contribution in [0.2, 0.25) is 0 Å². The predicted molar refractivity (Wildman–Crippen MR) is 64.0 cm³/mol. The minimum absolute atomic E-state index is 0.106. The fraction of sp³-hybridized carbons (Fsp3) is 0.308. The van der Waals surface area contributed by atoms with Crippen molar-refractivity contribution >= 4 is 0 Å². The molecule has 2 N–H and O–H groups in total. The van der Waals surface area contributed by atoms with Crippen LogP contribution in [-0.2, 0) is 6.42 Å². The summed E-state index contributed by atoms with van der Waals surface area (Å²) < 4.78 is 5.47. The van der Waals surface area contributed by atoms with Gasteiger partial charge in [0, 0.05) is 18.0 Å². The lowest BCUT2D eigenvalue weighted by molar-refractivity contribution is 0.570. The molecule has 1 heterocycles. The van der Waals surface area contributed by atoms with Crippen LogP contribution in [0.25, 0.3) is 11.5 Å². The van der Waals surface area contributed by atoms with E-state index in [0.717, 1.165) is 23.2 Å². The molecule has 1 aromatic carbocycles. The quantitative estimate of drug-likeness (QED) is 0.857. The van der Waals surface area contributed by atoms with Gasteiger partial charge in [0.25, 0.3) is 0 Å². The third-order valence-electron chi connectivity index (χ3n) is 2.46. The summed E-state index contributed by atoms with van der Waals surface area (Å²) >= 11 is 0. The first kappa shape index (κ1) is 10.9. The molecule has 1 unspecified atom stereocenters. The number of aryl methyl sites for hydroxylation is 1. The molecule has 84 valence electrons. The van der Waals surface area contributed by atoms with Crippen molar-refractivity contribution in [3.8, 4) is 11.5 Å². The predicted octanol–water partition coefficient (Wildman–Crippen LogP) is 2.54. The van der Waals surface area contributed by atoms with Crippen molar-refractivity contribution in [2.24, 2.45) is 5.73 Å². The Morgan fingerprint density at radius 1 is 1.38 bits per heavy atom. The fourth-order valence-electron chi connectivity index (χ4n) is 1.67. The van der Waals surface area contributed by atoms with Crippen LogP contribution < -0.4 is 5.73 Å². The second kappa shape index (κ2) is 4.49. The topological polar surface area (TPSA) is 52.0 Å². The zero-order chi connectivity index (χ0) is 11.5. The molecule has 1 aromatic heterocycles. The second-order valence-electron chi connectivity index (χ2n) is 4.14. The minimum Gasteiger partial charge on any atom is -0.444 e. The highest BCUT2D eigenvalue weighted by Crippen LogP contribution is 2.22. The first-order valence-corrected chi connectivity index (χ1v) is 5.43. The van der Waals surface area contributed by atoms with Crippen molar-refractivity contribution in [3.63, 3.8) is 0 Å². The molecule has 0 saturated heterocycles. The Morgan fingerprint density at radius 2 is 2.12 bits per heavy atom. The van der Waals surface area contributed by atoms with Gasteiger partial charge in [-0.1, -0.05) is 18.2 Å². The van der Waals surface area contributed by atoms with E-state index >= 15 is 0 Å². The lowest BCUT2D eigenvalue weighted by atomic mass is 10.1. The van der Waals surface area contributed by atoms with Gasteiger partial charge >= 0.3 is 0 Å². The van der Waals surface area contributed by atoms with Crippen molar-refractivity contribution in [3.05, 3.63) is 41.8 Å². The van der Waals surface area contributed by atoms with Crippen LogP contribution in [0.15, 0.2) is 34.9 Å². The lowest BCUT2D eigenvalue weighted by Gasteiger charge is -2.00. The third kappa shape index (κ3) is 2.31. The summed E-state index contributed by atoms with van der Waals surface area (Å²) in [6.45, 7) is 4.01. The summed E-state index contributed by atoms with van der Waals surface area (Å²) in [5, 5.41) is 0. The number of nitrogens with two attached hydrogens (primary N) is 1. The highest BCUT2D eigenvalue weighted by Gasteiger charge is 2.09. The fourth-order valence-corrected chi connectivity index (χ4v) is 1.67. The molecular weight excluding hydrogens is 200 g/mol. The van der Waals surface area contributed by atoms with E-state index in [1.165, 1.54) is 0 Å².